The van der Waals surface area contributed by atoms with Gasteiger partial charge >= 0.3 is 0 Å². The van der Waals surface area contributed by atoms with Gasteiger partial charge in [-0.3, -0.25) is 0 Å². The third-order valence-electron chi connectivity index (χ3n) is 2.43. The van der Waals surface area contributed by atoms with Gasteiger partial charge in [-0.15, -0.1) is 0 Å². The van der Waals surface area contributed by atoms with Crippen molar-refractivity contribution >= 4 is 21.6 Å². The molecule has 0 bridgehead atoms. The molecule has 0 spiro atoms. The Bertz CT molecular complexity index is 620. The van der Waals surface area contributed by atoms with Gasteiger partial charge in [0.2, 0.25) is 5.82 Å². The summed E-state index contributed by atoms with van der Waals surface area (Å²) >= 11 is 3.25. The molecule has 0 heterocycles. The highest BCUT2D eigenvalue weighted by Crippen LogP contribution is 2.36. The van der Waals surface area contributed by atoms with E-state index in [2.05, 4.69) is 15.9 Å². The number of methoxy groups -OCH3 is 1. The summed E-state index contributed by atoms with van der Waals surface area (Å²) in [6, 6.07) is 7.02. The van der Waals surface area contributed by atoms with Crippen molar-refractivity contribution in [2.45, 2.75) is 0 Å². The van der Waals surface area contributed by atoms with Crippen LogP contribution in [0.15, 0.2) is 34.8 Å². The molecule has 100 valence electrons. The molecule has 0 saturated carbocycles. The number of rotatable bonds is 3. The molecule has 0 fully saturated rings. The molecule has 0 saturated heterocycles. The molecule has 6 heteroatoms. The molecule has 2 N–H and O–H groups in total. The van der Waals surface area contributed by atoms with Crippen molar-refractivity contribution in [2.75, 3.05) is 12.8 Å². The predicted molar refractivity (Wildman–Crippen MR) is 71.5 cm³/mol. The Kier molecular flexibility index (Phi) is 3.90. The van der Waals surface area contributed by atoms with Crippen LogP contribution in [-0.4, -0.2) is 7.11 Å². The van der Waals surface area contributed by atoms with Crippen molar-refractivity contribution in [1.82, 2.24) is 0 Å². The third kappa shape index (κ3) is 2.78. The second kappa shape index (κ2) is 5.44. The van der Waals surface area contributed by atoms with Gasteiger partial charge in [0.1, 0.15) is 11.5 Å². The Labute approximate surface area is 117 Å². The molecule has 2 aromatic rings. The van der Waals surface area contributed by atoms with Crippen LogP contribution in [0.3, 0.4) is 0 Å². The second-order valence-corrected chi connectivity index (χ2v) is 4.53. The fourth-order valence-corrected chi connectivity index (χ4v) is 1.89. The van der Waals surface area contributed by atoms with E-state index < -0.39 is 11.6 Å². The van der Waals surface area contributed by atoms with E-state index in [4.69, 9.17) is 15.2 Å². The first-order valence-electron chi connectivity index (χ1n) is 5.27. The predicted octanol–water partition coefficient (Wildman–Crippen LogP) is 4.11. The zero-order valence-corrected chi connectivity index (χ0v) is 11.5. The molecule has 0 amide bonds. The number of hydrogen-bond donors (Lipinski definition) is 1. The molecule has 3 nitrogen and oxygen atoms in total. The molecule has 2 aromatic carbocycles. The van der Waals surface area contributed by atoms with E-state index >= 15 is 0 Å². The molecule has 0 aliphatic carbocycles. The van der Waals surface area contributed by atoms with E-state index in [1.165, 1.54) is 13.2 Å². The number of nitrogens with two attached hydrogens (primary N) is 1. The minimum absolute atomic E-state index is 0.0154. The number of halogens is 3. The third-order valence-corrected chi connectivity index (χ3v) is 3.05. The molecular formula is C13H10BrF2NO2. The topological polar surface area (TPSA) is 44.5 Å². The Hall–Kier alpha value is -1.82. The van der Waals surface area contributed by atoms with Gasteiger partial charge in [0.05, 0.1) is 17.3 Å². The van der Waals surface area contributed by atoms with Crippen LogP contribution in [0.1, 0.15) is 0 Å². The summed E-state index contributed by atoms with van der Waals surface area (Å²) in [6.45, 7) is 0. The van der Waals surface area contributed by atoms with Crippen LogP contribution < -0.4 is 15.2 Å². The van der Waals surface area contributed by atoms with E-state index in [0.29, 0.717) is 16.0 Å². The van der Waals surface area contributed by atoms with E-state index in [-0.39, 0.29) is 11.4 Å². The van der Waals surface area contributed by atoms with Crippen molar-refractivity contribution in [2.24, 2.45) is 0 Å². The van der Waals surface area contributed by atoms with Crippen molar-refractivity contribution in [3.63, 3.8) is 0 Å². The minimum atomic E-state index is -1.12. The van der Waals surface area contributed by atoms with E-state index in [0.717, 1.165) is 6.07 Å². The molecule has 0 aliphatic heterocycles. The first-order chi connectivity index (χ1) is 9.02. The summed E-state index contributed by atoms with van der Waals surface area (Å²) < 4.78 is 37.6. The first kappa shape index (κ1) is 13.6. The molecule has 0 aromatic heterocycles. The Morgan fingerprint density at radius 2 is 1.89 bits per heavy atom. The summed E-state index contributed by atoms with van der Waals surface area (Å²) in [7, 11) is 1.52. The van der Waals surface area contributed by atoms with Crippen LogP contribution in [0.5, 0.6) is 17.2 Å². The molecule has 0 aliphatic rings. The quantitative estimate of drug-likeness (QED) is 0.862. The van der Waals surface area contributed by atoms with Crippen LogP contribution in [0.2, 0.25) is 0 Å². The Balaban J connectivity index is 2.39. The van der Waals surface area contributed by atoms with Crippen LogP contribution in [-0.2, 0) is 0 Å². The average molecular weight is 330 g/mol. The summed E-state index contributed by atoms with van der Waals surface area (Å²) in [6.07, 6.45) is 0. The summed E-state index contributed by atoms with van der Waals surface area (Å²) in [5, 5.41) is 0. The van der Waals surface area contributed by atoms with Gasteiger partial charge in [0.15, 0.2) is 11.6 Å². The largest absolute Gasteiger partial charge is 0.497 e. The Morgan fingerprint density at radius 1 is 1.16 bits per heavy atom. The van der Waals surface area contributed by atoms with Crippen LogP contribution in [0.25, 0.3) is 0 Å². The highest BCUT2D eigenvalue weighted by molar-refractivity contribution is 9.10. The fourth-order valence-electron chi connectivity index (χ4n) is 1.45. The van der Waals surface area contributed by atoms with Gasteiger partial charge in [-0.25, -0.2) is 4.39 Å². The van der Waals surface area contributed by atoms with Crippen molar-refractivity contribution in [1.29, 1.82) is 0 Å². The number of hydrogen-bond acceptors (Lipinski definition) is 3. The van der Waals surface area contributed by atoms with Gasteiger partial charge in [-0.1, -0.05) is 0 Å². The first-order valence-corrected chi connectivity index (χ1v) is 6.07. The number of nitrogen functional groups attached to an aromatic ring is 1. The zero-order valence-electron chi connectivity index (χ0n) is 9.91. The van der Waals surface area contributed by atoms with E-state index in [1.807, 2.05) is 0 Å². The number of ether oxygens (including phenoxy) is 2. The fraction of sp³-hybridized carbons (Fsp3) is 0.0769. The lowest BCUT2D eigenvalue weighted by Gasteiger charge is -2.12. The van der Waals surface area contributed by atoms with E-state index in [1.54, 1.807) is 18.2 Å². The van der Waals surface area contributed by atoms with Crippen molar-refractivity contribution < 1.29 is 18.3 Å². The minimum Gasteiger partial charge on any atom is -0.497 e. The molecular weight excluding hydrogens is 320 g/mol. The van der Waals surface area contributed by atoms with Gasteiger partial charge in [-0.05, 0) is 46.3 Å². The lowest BCUT2D eigenvalue weighted by atomic mass is 10.2. The summed E-state index contributed by atoms with van der Waals surface area (Å²) in [5.41, 5.74) is 5.59. The zero-order chi connectivity index (χ0) is 14.0. The van der Waals surface area contributed by atoms with Crippen LogP contribution >= 0.6 is 15.9 Å². The molecule has 0 radical (unpaired) electrons. The van der Waals surface area contributed by atoms with Crippen molar-refractivity contribution in [3.05, 3.63) is 46.4 Å². The SMILES string of the molecule is COc1ccc(Oc2c(N)ccc(F)c2F)c(Br)c1. The van der Waals surface area contributed by atoms with Crippen LogP contribution in [0, 0.1) is 11.6 Å². The second-order valence-electron chi connectivity index (χ2n) is 3.68. The molecule has 2 rings (SSSR count). The standard InChI is InChI=1S/C13H10BrF2NO2/c1-18-7-2-5-11(8(14)6-7)19-13-10(17)4-3-9(15)12(13)16/h2-6H,17H2,1H3. The van der Waals surface area contributed by atoms with Crippen LogP contribution in [0.4, 0.5) is 14.5 Å². The average Bonchev–Trinajstić information content (AvgIpc) is 2.40. The number of benzene rings is 2. The van der Waals surface area contributed by atoms with E-state index in [9.17, 15) is 8.78 Å². The van der Waals surface area contributed by atoms with Gasteiger partial charge in [0, 0.05) is 0 Å². The summed E-state index contributed by atoms with van der Waals surface area (Å²) in [5.74, 6) is -1.58. The van der Waals surface area contributed by atoms with Crippen molar-refractivity contribution in [3.8, 4) is 17.2 Å². The maximum atomic E-state index is 13.6. The molecule has 0 atom stereocenters. The molecule has 0 unspecified atom stereocenters. The lowest BCUT2D eigenvalue weighted by molar-refractivity contribution is 0.405. The maximum Gasteiger partial charge on any atom is 0.203 e. The Morgan fingerprint density at radius 3 is 2.53 bits per heavy atom. The van der Waals surface area contributed by atoms with Gasteiger partial charge in [-0.2, -0.15) is 4.39 Å². The summed E-state index contributed by atoms with van der Waals surface area (Å²) in [4.78, 5) is 0. The molecule has 19 heavy (non-hydrogen) atoms. The lowest BCUT2D eigenvalue weighted by Crippen LogP contribution is -1.98. The monoisotopic (exact) mass is 329 g/mol. The maximum absolute atomic E-state index is 13.6. The van der Waals surface area contributed by atoms with Gasteiger partial charge < -0.3 is 15.2 Å². The van der Waals surface area contributed by atoms with Gasteiger partial charge in [0.25, 0.3) is 0 Å². The smallest absolute Gasteiger partial charge is 0.203 e. The normalized spacial score (nSPS) is 10.3. The highest BCUT2D eigenvalue weighted by atomic mass is 79.9. The number of anilines is 1. The highest BCUT2D eigenvalue weighted by Gasteiger charge is 2.15.